The number of nitrogens with one attached hydrogen (secondary N) is 2. The standard InChI is InChI=1S/C18H25N5O3S.C4H10/c1-5-8-12(26-6-2)11-19-16-17(22-27-21-16)20-14-10-7-9-13(15(14)24)18(25)23(3)4;1-4(2)3/h7-10,24H,5-6,11H2,1-4H3,(H,19,21)(H,20,22);4H,1-3H3/b12-8-;. The van der Waals surface area contributed by atoms with Gasteiger partial charge in [0.2, 0.25) is 0 Å². The van der Waals surface area contributed by atoms with Crippen molar-refractivity contribution in [3.63, 3.8) is 0 Å². The molecule has 1 amide bonds. The maximum atomic E-state index is 12.2. The molecule has 1 aromatic carbocycles. The molecule has 9 heteroatoms. The molecule has 0 atom stereocenters. The average Bonchev–Trinajstić information content (AvgIpc) is 3.14. The Morgan fingerprint density at radius 3 is 2.45 bits per heavy atom. The highest BCUT2D eigenvalue weighted by Crippen LogP contribution is 2.32. The smallest absolute Gasteiger partial charge is 0.257 e. The molecule has 0 saturated carbocycles. The minimum Gasteiger partial charge on any atom is -0.505 e. The summed E-state index contributed by atoms with van der Waals surface area (Å²) in [6.07, 6.45) is 2.88. The number of rotatable bonds is 9. The molecule has 0 bridgehead atoms. The second kappa shape index (κ2) is 13.5. The number of phenolic OH excluding ortho intramolecular Hbond substituents is 1. The zero-order chi connectivity index (χ0) is 23.4. The third-order valence-electron chi connectivity index (χ3n) is 3.61. The van der Waals surface area contributed by atoms with E-state index in [1.54, 1.807) is 32.3 Å². The highest BCUT2D eigenvalue weighted by molar-refractivity contribution is 6.99. The maximum Gasteiger partial charge on any atom is 0.257 e. The van der Waals surface area contributed by atoms with Crippen LogP contribution in [0, 0.1) is 5.92 Å². The molecule has 3 N–H and O–H groups in total. The number of para-hydroxylation sites is 1. The highest BCUT2D eigenvalue weighted by atomic mass is 32.1. The molecule has 0 saturated heterocycles. The van der Waals surface area contributed by atoms with E-state index in [0.29, 0.717) is 30.5 Å². The SMILES string of the molecule is CC(C)C.CC/C=C(/CNc1nsnc1Nc1cccc(C(=O)N(C)C)c1O)OCC. The number of allylic oxidation sites excluding steroid dienone is 1. The van der Waals surface area contributed by atoms with Gasteiger partial charge in [0.1, 0.15) is 5.76 Å². The molecule has 8 nitrogen and oxygen atoms in total. The van der Waals surface area contributed by atoms with Gasteiger partial charge in [-0.1, -0.05) is 33.8 Å². The maximum absolute atomic E-state index is 12.2. The van der Waals surface area contributed by atoms with E-state index < -0.39 is 0 Å². The molecule has 2 aromatic rings. The lowest BCUT2D eigenvalue weighted by Gasteiger charge is -2.14. The minimum absolute atomic E-state index is 0.129. The Balaban J connectivity index is 0.00000110. The van der Waals surface area contributed by atoms with Crippen LogP contribution in [0.5, 0.6) is 5.75 Å². The van der Waals surface area contributed by atoms with Crippen molar-refractivity contribution in [1.82, 2.24) is 13.6 Å². The van der Waals surface area contributed by atoms with Gasteiger partial charge in [0.25, 0.3) is 5.91 Å². The Bertz CT molecular complexity index is 847. The predicted octanol–water partition coefficient (Wildman–Crippen LogP) is 5.09. The summed E-state index contributed by atoms with van der Waals surface area (Å²) < 4.78 is 14.0. The Hall–Kier alpha value is -2.81. The molecule has 0 radical (unpaired) electrons. The van der Waals surface area contributed by atoms with Crippen LogP contribution in [0.25, 0.3) is 0 Å². The van der Waals surface area contributed by atoms with E-state index in [-0.39, 0.29) is 17.2 Å². The molecular weight excluding hydrogens is 414 g/mol. The minimum atomic E-state index is -0.281. The first-order valence-electron chi connectivity index (χ1n) is 10.4. The van der Waals surface area contributed by atoms with Gasteiger partial charge in [0, 0.05) is 14.1 Å². The third kappa shape index (κ3) is 8.84. The molecule has 2 rings (SSSR count). The first kappa shape index (κ1) is 26.2. The van der Waals surface area contributed by atoms with Crippen molar-refractivity contribution in [2.75, 3.05) is 37.9 Å². The van der Waals surface area contributed by atoms with Gasteiger partial charge in [0.05, 0.1) is 36.1 Å². The monoisotopic (exact) mass is 449 g/mol. The van der Waals surface area contributed by atoms with Crippen LogP contribution in [0.15, 0.2) is 30.0 Å². The Kier molecular flexibility index (Phi) is 11.4. The normalized spacial score (nSPS) is 10.9. The lowest BCUT2D eigenvalue weighted by molar-refractivity contribution is 0.0824. The van der Waals surface area contributed by atoms with Gasteiger partial charge in [-0.15, -0.1) is 0 Å². The van der Waals surface area contributed by atoms with Crippen LogP contribution in [0.4, 0.5) is 17.3 Å². The number of phenols is 1. The van der Waals surface area contributed by atoms with E-state index in [1.807, 2.05) is 19.9 Å². The number of aromatic nitrogens is 2. The summed E-state index contributed by atoms with van der Waals surface area (Å²) in [5.74, 6) is 2.27. The number of hydrogen-bond donors (Lipinski definition) is 3. The largest absolute Gasteiger partial charge is 0.505 e. The fraction of sp³-hybridized carbons (Fsp3) is 0.500. The van der Waals surface area contributed by atoms with E-state index in [2.05, 4.69) is 40.2 Å². The van der Waals surface area contributed by atoms with E-state index >= 15 is 0 Å². The average molecular weight is 450 g/mol. The first-order chi connectivity index (χ1) is 14.7. The van der Waals surface area contributed by atoms with Gasteiger partial charge in [0.15, 0.2) is 17.4 Å². The number of nitrogens with zero attached hydrogens (tertiary/aromatic N) is 3. The number of hydrogen-bond acceptors (Lipinski definition) is 8. The Labute approximate surface area is 189 Å². The second-order valence-electron chi connectivity index (χ2n) is 7.59. The molecule has 0 aliphatic heterocycles. The summed E-state index contributed by atoms with van der Waals surface area (Å²) in [7, 11) is 3.27. The van der Waals surface area contributed by atoms with Crippen molar-refractivity contribution in [2.24, 2.45) is 5.92 Å². The molecule has 0 aliphatic rings. The molecular formula is C22H35N5O3S. The molecule has 0 fully saturated rings. The number of amides is 1. The van der Waals surface area contributed by atoms with Crippen molar-refractivity contribution in [2.45, 2.75) is 41.0 Å². The molecule has 172 valence electrons. The van der Waals surface area contributed by atoms with Crippen molar-refractivity contribution in [1.29, 1.82) is 0 Å². The summed E-state index contributed by atoms with van der Waals surface area (Å²) >= 11 is 1.04. The van der Waals surface area contributed by atoms with Crippen molar-refractivity contribution in [3.8, 4) is 5.75 Å². The van der Waals surface area contributed by atoms with Crippen LogP contribution >= 0.6 is 11.7 Å². The summed E-state index contributed by atoms with van der Waals surface area (Å²) in [5.41, 5.74) is 0.597. The quantitative estimate of drug-likeness (QED) is 0.362. The lowest BCUT2D eigenvalue weighted by atomic mass is 10.1. The Morgan fingerprint density at radius 2 is 1.87 bits per heavy atom. The zero-order valence-corrected chi connectivity index (χ0v) is 20.3. The van der Waals surface area contributed by atoms with E-state index in [9.17, 15) is 9.90 Å². The van der Waals surface area contributed by atoms with Gasteiger partial charge < -0.3 is 25.4 Å². The van der Waals surface area contributed by atoms with Crippen LogP contribution in [0.1, 0.15) is 51.4 Å². The van der Waals surface area contributed by atoms with E-state index in [1.165, 1.54) is 4.90 Å². The van der Waals surface area contributed by atoms with Gasteiger partial charge in [-0.05, 0) is 37.5 Å². The van der Waals surface area contributed by atoms with Gasteiger partial charge in [-0.2, -0.15) is 8.75 Å². The summed E-state index contributed by atoms with van der Waals surface area (Å²) in [6, 6.07) is 4.95. The summed E-state index contributed by atoms with van der Waals surface area (Å²) in [6.45, 7) is 11.5. The number of benzene rings is 1. The third-order valence-corrected chi connectivity index (χ3v) is 4.13. The number of aromatic hydroxyl groups is 1. The van der Waals surface area contributed by atoms with Crippen LogP contribution < -0.4 is 10.6 Å². The predicted molar refractivity (Wildman–Crippen MR) is 128 cm³/mol. The first-order valence-corrected chi connectivity index (χ1v) is 11.1. The van der Waals surface area contributed by atoms with Gasteiger partial charge in [-0.25, -0.2) is 0 Å². The van der Waals surface area contributed by atoms with Gasteiger partial charge >= 0.3 is 0 Å². The van der Waals surface area contributed by atoms with Crippen molar-refractivity contribution in [3.05, 3.63) is 35.6 Å². The molecule has 1 heterocycles. The lowest BCUT2D eigenvalue weighted by Crippen LogP contribution is -2.21. The van der Waals surface area contributed by atoms with Gasteiger partial charge in [-0.3, -0.25) is 4.79 Å². The van der Waals surface area contributed by atoms with Crippen LogP contribution in [-0.2, 0) is 4.74 Å². The Morgan fingerprint density at radius 1 is 1.23 bits per heavy atom. The number of anilines is 3. The number of carbonyl (C=O) groups excluding carboxylic acids is 1. The fourth-order valence-corrected chi connectivity index (χ4v) is 2.83. The molecule has 1 aromatic heterocycles. The number of carbonyl (C=O) groups is 1. The number of ether oxygens (including phenoxy) is 1. The summed E-state index contributed by atoms with van der Waals surface area (Å²) in [4.78, 5) is 13.6. The molecule has 0 aliphatic carbocycles. The molecule has 0 unspecified atom stereocenters. The van der Waals surface area contributed by atoms with E-state index in [0.717, 1.165) is 29.8 Å². The van der Waals surface area contributed by atoms with Crippen molar-refractivity contribution < 1.29 is 14.6 Å². The second-order valence-corrected chi connectivity index (χ2v) is 8.11. The summed E-state index contributed by atoms with van der Waals surface area (Å²) in [5, 5.41) is 16.7. The fourth-order valence-electron chi connectivity index (χ4n) is 2.34. The highest BCUT2D eigenvalue weighted by Gasteiger charge is 2.17. The topological polar surface area (TPSA) is 99.6 Å². The molecule has 31 heavy (non-hydrogen) atoms. The zero-order valence-electron chi connectivity index (χ0n) is 19.5. The van der Waals surface area contributed by atoms with E-state index in [4.69, 9.17) is 4.74 Å². The van der Waals surface area contributed by atoms with Crippen LogP contribution in [0.2, 0.25) is 0 Å². The van der Waals surface area contributed by atoms with Crippen LogP contribution in [0.3, 0.4) is 0 Å². The van der Waals surface area contributed by atoms with Crippen molar-refractivity contribution >= 4 is 35.0 Å². The molecule has 0 spiro atoms. The van der Waals surface area contributed by atoms with Crippen LogP contribution in [-0.4, -0.2) is 51.9 Å².